The number of hydrogen-bond donors (Lipinski definition) is 0. The monoisotopic (exact) mass is 418 g/mol. The van der Waals surface area contributed by atoms with E-state index in [1.165, 1.54) is 11.1 Å². The van der Waals surface area contributed by atoms with E-state index < -0.39 is 0 Å². The lowest BCUT2D eigenvalue weighted by Gasteiger charge is -2.27. The molecule has 0 bridgehead atoms. The maximum atomic E-state index is 9.16. The normalized spacial score (nSPS) is 21.4. The van der Waals surface area contributed by atoms with Gasteiger partial charge in [-0.2, -0.15) is 5.26 Å². The maximum Gasteiger partial charge on any atom is 0.122 e. The summed E-state index contributed by atoms with van der Waals surface area (Å²) in [5.74, 6) is 1.99. The Morgan fingerprint density at radius 3 is 2.72 bits per heavy atom. The fourth-order valence-electron chi connectivity index (χ4n) is 3.84. The van der Waals surface area contributed by atoms with Gasteiger partial charge in [0.05, 0.1) is 18.2 Å². The number of rotatable bonds is 3. The summed E-state index contributed by atoms with van der Waals surface area (Å²) in [6.07, 6.45) is 1.07. The Labute approximate surface area is 163 Å². The molecule has 2 aliphatic rings. The van der Waals surface area contributed by atoms with Crippen molar-refractivity contribution in [1.82, 2.24) is 4.90 Å². The molecule has 2 aromatic carbocycles. The van der Waals surface area contributed by atoms with Crippen LogP contribution < -0.4 is 4.74 Å². The summed E-state index contributed by atoms with van der Waals surface area (Å²) in [4.78, 5) is 2.54. The van der Waals surface area contributed by atoms with E-state index in [9.17, 15) is 0 Å². The summed E-state index contributed by atoms with van der Waals surface area (Å²) < 4.78 is 7.05. The molecule has 25 heavy (non-hydrogen) atoms. The van der Waals surface area contributed by atoms with Crippen LogP contribution in [0.4, 0.5) is 0 Å². The maximum absolute atomic E-state index is 9.16. The molecule has 4 rings (SSSR count). The summed E-state index contributed by atoms with van der Waals surface area (Å²) in [7, 11) is 0. The molecule has 1 fully saturated rings. The molecular weight excluding hydrogens is 400 g/mol. The molecule has 0 aliphatic carbocycles. The van der Waals surface area contributed by atoms with Gasteiger partial charge in [-0.05, 0) is 42.3 Å². The van der Waals surface area contributed by atoms with Gasteiger partial charge in [0.25, 0.3) is 0 Å². The molecule has 130 valence electrons. The number of ether oxygens (including phenoxy) is 1. The van der Waals surface area contributed by atoms with Crippen LogP contribution >= 0.6 is 28.3 Å². The lowest BCUT2D eigenvalue weighted by atomic mass is 9.86. The summed E-state index contributed by atoms with van der Waals surface area (Å²) in [5.41, 5.74) is 3.32. The number of benzene rings is 2. The molecule has 1 saturated heterocycles. The number of nitriles is 1. The predicted octanol–water partition coefficient (Wildman–Crippen LogP) is 4.39. The third-order valence-electron chi connectivity index (χ3n) is 5.14. The quantitative estimate of drug-likeness (QED) is 0.740. The topological polar surface area (TPSA) is 36.3 Å². The zero-order valence-electron chi connectivity index (χ0n) is 13.8. The third kappa shape index (κ3) is 3.84. The molecule has 0 amide bonds. The van der Waals surface area contributed by atoms with E-state index in [0.717, 1.165) is 48.4 Å². The molecule has 3 nitrogen and oxygen atoms in total. The number of hydrogen-bond acceptors (Lipinski definition) is 3. The van der Waals surface area contributed by atoms with Crippen LogP contribution in [0.25, 0.3) is 0 Å². The molecule has 0 saturated carbocycles. The molecule has 0 N–H and O–H groups in total. The van der Waals surface area contributed by atoms with Gasteiger partial charge < -0.3 is 9.64 Å². The fraction of sp³-hybridized carbons (Fsp3) is 0.350. The zero-order chi connectivity index (χ0) is 16.5. The Balaban J connectivity index is 0.00000182. The summed E-state index contributed by atoms with van der Waals surface area (Å²) >= 11 is 3.48. The van der Waals surface area contributed by atoms with E-state index in [-0.39, 0.29) is 12.4 Å². The summed E-state index contributed by atoms with van der Waals surface area (Å²) in [6, 6.07) is 16.6. The highest BCUT2D eigenvalue weighted by atomic mass is 79.9. The highest BCUT2D eigenvalue weighted by molar-refractivity contribution is 9.10. The van der Waals surface area contributed by atoms with E-state index in [1.807, 2.05) is 18.2 Å². The van der Waals surface area contributed by atoms with E-state index in [0.29, 0.717) is 11.8 Å². The predicted molar refractivity (Wildman–Crippen MR) is 104 cm³/mol. The minimum Gasteiger partial charge on any atom is -0.493 e. The van der Waals surface area contributed by atoms with E-state index in [2.05, 4.69) is 51.2 Å². The lowest BCUT2D eigenvalue weighted by molar-refractivity contribution is 0.213. The lowest BCUT2D eigenvalue weighted by Crippen LogP contribution is -2.25. The molecule has 2 unspecified atom stereocenters. The van der Waals surface area contributed by atoms with Gasteiger partial charge in [0.1, 0.15) is 5.75 Å². The van der Waals surface area contributed by atoms with Crippen LogP contribution in [0, 0.1) is 17.2 Å². The molecule has 0 spiro atoms. The number of likely N-dealkylation sites (tertiary alicyclic amines) is 1. The Bertz CT molecular complexity index is 787. The van der Waals surface area contributed by atoms with Gasteiger partial charge in [0.15, 0.2) is 0 Å². The van der Waals surface area contributed by atoms with Crippen molar-refractivity contribution in [2.45, 2.75) is 12.3 Å². The molecule has 2 aliphatic heterocycles. The molecule has 0 aromatic heterocycles. The molecule has 2 aromatic rings. The van der Waals surface area contributed by atoms with Crippen LogP contribution in [0.15, 0.2) is 46.9 Å². The number of nitrogens with zero attached hydrogens (tertiary/aromatic N) is 2. The SMILES string of the molecule is Cl.N#Cc1ccc2c(c1)C1CN(CCc3ccc(Br)cc3)CC1CO2. The molecule has 2 heterocycles. The Kier molecular flexibility index (Phi) is 5.68. The smallest absolute Gasteiger partial charge is 0.122 e. The van der Waals surface area contributed by atoms with Crippen molar-refractivity contribution in [2.24, 2.45) is 5.92 Å². The van der Waals surface area contributed by atoms with Crippen LogP contribution in [0.1, 0.15) is 22.6 Å². The van der Waals surface area contributed by atoms with Gasteiger partial charge in [-0.15, -0.1) is 12.4 Å². The first-order valence-electron chi connectivity index (χ1n) is 8.36. The van der Waals surface area contributed by atoms with Crippen LogP contribution in [0.5, 0.6) is 5.75 Å². The number of fused-ring (bicyclic) bond motifs is 3. The minimum atomic E-state index is 0. The van der Waals surface area contributed by atoms with Gasteiger partial charge in [-0.1, -0.05) is 28.1 Å². The largest absolute Gasteiger partial charge is 0.493 e. The average Bonchev–Trinajstić information content (AvgIpc) is 3.04. The first kappa shape index (κ1) is 18.3. The first-order valence-corrected chi connectivity index (χ1v) is 9.16. The fourth-order valence-corrected chi connectivity index (χ4v) is 4.10. The second kappa shape index (κ2) is 7.78. The Morgan fingerprint density at radius 1 is 1.16 bits per heavy atom. The van der Waals surface area contributed by atoms with E-state index in [4.69, 9.17) is 10.00 Å². The van der Waals surface area contributed by atoms with Crippen LogP contribution in [0.3, 0.4) is 0 Å². The van der Waals surface area contributed by atoms with Crippen molar-refractivity contribution >= 4 is 28.3 Å². The average molecular weight is 420 g/mol. The van der Waals surface area contributed by atoms with Gasteiger partial charge in [-0.3, -0.25) is 0 Å². The molecule has 2 atom stereocenters. The second-order valence-corrected chi connectivity index (χ2v) is 7.59. The van der Waals surface area contributed by atoms with Crippen molar-refractivity contribution in [1.29, 1.82) is 5.26 Å². The molecular formula is C20H20BrClN2O. The van der Waals surface area contributed by atoms with Gasteiger partial charge in [-0.25, -0.2) is 0 Å². The van der Waals surface area contributed by atoms with Crippen LogP contribution in [-0.2, 0) is 6.42 Å². The third-order valence-corrected chi connectivity index (χ3v) is 5.67. The minimum absolute atomic E-state index is 0. The van der Waals surface area contributed by atoms with Gasteiger partial charge in [0, 0.05) is 41.5 Å². The van der Waals surface area contributed by atoms with E-state index >= 15 is 0 Å². The van der Waals surface area contributed by atoms with Crippen molar-refractivity contribution < 1.29 is 4.74 Å². The van der Waals surface area contributed by atoms with Crippen molar-refractivity contribution in [3.8, 4) is 11.8 Å². The van der Waals surface area contributed by atoms with Crippen LogP contribution in [-0.4, -0.2) is 31.1 Å². The van der Waals surface area contributed by atoms with Crippen molar-refractivity contribution in [2.75, 3.05) is 26.2 Å². The molecule has 0 radical (unpaired) electrons. The number of halogens is 2. The summed E-state index contributed by atoms with van der Waals surface area (Å²) in [6.45, 7) is 4.00. The second-order valence-electron chi connectivity index (χ2n) is 6.68. The highest BCUT2D eigenvalue weighted by Crippen LogP contribution is 2.41. The highest BCUT2D eigenvalue weighted by Gasteiger charge is 2.38. The Hall–Kier alpha value is -1.54. The molecule has 5 heteroatoms. The van der Waals surface area contributed by atoms with Gasteiger partial charge >= 0.3 is 0 Å². The van der Waals surface area contributed by atoms with Gasteiger partial charge in [0.2, 0.25) is 0 Å². The standard InChI is InChI=1S/C20H19BrN2O.ClH/c21-17-4-1-14(2-5-17)7-8-23-11-16-13-24-20-6-3-15(10-22)9-18(20)19(16)12-23;/h1-6,9,16,19H,7-8,11-13H2;1H. The van der Waals surface area contributed by atoms with Crippen molar-refractivity contribution in [3.05, 3.63) is 63.6 Å². The Morgan fingerprint density at radius 2 is 1.96 bits per heavy atom. The van der Waals surface area contributed by atoms with E-state index in [1.54, 1.807) is 0 Å². The van der Waals surface area contributed by atoms with Crippen molar-refractivity contribution in [3.63, 3.8) is 0 Å². The zero-order valence-corrected chi connectivity index (χ0v) is 16.2. The van der Waals surface area contributed by atoms with Crippen LogP contribution in [0.2, 0.25) is 0 Å². The summed E-state index contributed by atoms with van der Waals surface area (Å²) in [5, 5.41) is 9.16. The first-order chi connectivity index (χ1) is 11.7.